The standard InChI is InChI=1S/C32H28N2O7S/c1-4-38-22-13-11-19(15-24(22)37-3)16-26-30(35)34-29(21-12-14-23-25(17-21)41-18-40-23)27(31(36)39-5-2)28(33-32(34)42-26)20-9-7-6-8-10-20/h6-17,29H,4-5,18H2,1-3H3. The van der Waals surface area contributed by atoms with Gasteiger partial charge >= 0.3 is 5.97 Å². The highest BCUT2D eigenvalue weighted by Crippen LogP contribution is 2.40. The van der Waals surface area contributed by atoms with Crippen LogP contribution in [0, 0.1) is 0 Å². The molecule has 0 saturated carbocycles. The number of rotatable bonds is 8. The van der Waals surface area contributed by atoms with Gasteiger partial charge in [0.25, 0.3) is 5.56 Å². The summed E-state index contributed by atoms with van der Waals surface area (Å²) >= 11 is 1.25. The van der Waals surface area contributed by atoms with Gasteiger partial charge in [0.2, 0.25) is 6.79 Å². The van der Waals surface area contributed by atoms with E-state index in [0.717, 1.165) is 11.1 Å². The average Bonchev–Trinajstić information content (AvgIpc) is 3.61. The monoisotopic (exact) mass is 584 g/mol. The molecule has 0 radical (unpaired) electrons. The Bertz CT molecular complexity index is 1870. The lowest BCUT2D eigenvalue weighted by atomic mass is 9.93. The van der Waals surface area contributed by atoms with Gasteiger partial charge in [0, 0.05) is 5.56 Å². The number of esters is 1. The Balaban J connectivity index is 1.60. The summed E-state index contributed by atoms with van der Waals surface area (Å²) in [7, 11) is 1.57. The van der Waals surface area contributed by atoms with Gasteiger partial charge in [-0.15, -0.1) is 0 Å². The Morgan fingerprint density at radius 3 is 2.60 bits per heavy atom. The minimum absolute atomic E-state index is 0.100. The Labute approximate surface area is 245 Å². The van der Waals surface area contributed by atoms with E-state index in [9.17, 15) is 9.59 Å². The first-order chi connectivity index (χ1) is 20.5. The second-order valence-electron chi connectivity index (χ2n) is 9.39. The molecule has 3 heterocycles. The number of methoxy groups -OCH3 is 1. The Hall–Kier alpha value is -4.83. The van der Waals surface area contributed by atoms with Crippen molar-refractivity contribution in [2.24, 2.45) is 4.99 Å². The highest BCUT2D eigenvalue weighted by Gasteiger charge is 2.36. The van der Waals surface area contributed by atoms with Crippen LogP contribution in [0.15, 0.2) is 82.1 Å². The first-order valence-electron chi connectivity index (χ1n) is 13.5. The number of aromatic nitrogens is 1. The maximum Gasteiger partial charge on any atom is 0.338 e. The Kier molecular flexibility index (Phi) is 7.54. The quantitative estimate of drug-likeness (QED) is 0.288. The van der Waals surface area contributed by atoms with Crippen LogP contribution >= 0.6 is 11.3 Å². The van der Waals surface area contributed by atoms with Gasteiger partial charge in [0.05, 0.1) is 42.2 Å². The van der Waals surface area contributed by atoms with Gasteiger partial charge in [-0.2, -0.15) is 0 Å². The van der Waals surface area contributed by atoms with Gasteiger partial charge in [0.15, 0.2) is 27.8 Å². The molecule has 4 aromatic rings. The molecule has 0 fully saturated rings. The zero-order valence-corrected chi connectivity index (χ0v) is 24.1. The van der Waals surface area contributed by atoms with Gasteiger partial charge in [-0.05, 0) is 55.3 Å². The second kappa shape index (κ2) is 11.6. The van der Waals surface area contributed by atoms with Crippen LogP contribution in [0.2, 0.25) is 0 Å². The van der Waals surface area contributed by atoms with Crippen molar-refractivity contribution >= 4 is 29.1 Å². The van der Waals surface area contributed by atoms with Gasteiger partial charge < -0.3 is 23.7 Å². The van der Waals surface area contributed by atoms with Crippen molar-refractivity contribution in [2.75, 3.05) is 27.1 Å². The number of hydrogen-bond acceptors (Lipinski definition) is 9. The van der Waals surface area contributed by atoms with Crippen LogP contribution in [-0.4, -0.2) is 37.7 Å². The number of carbonyl (C=O) groups excluding carboxylic acids is 1. The lowest BCUT2D eigenvalue weighted by Gasteiger charge is -2.26. The van der Waals surface area contributed by atoms with E-state index in [0.29, 0.717) is 50.2 Å². The van der Waals surface area contributed by atoms with Gasteiger partial charge in [-0.1, -0.05) is 53.8 Å². The molecule has 9 nitrogen and oxygen atoms in total. The molecule has 0 N–H and O–H groups in total. The zero-order chi connectivity index (χ0) is 29.2. The summed E-state index contributed by atoms with van der Waals surface area (Å²) in [5.74, 6) is 1.77. The van der Waals surface area contributed by atoms with Crippen molar-refractivity contribution in [1.29, 1.82) is 0 Å². The maximum absolute atomic E-state index is 14.1. The molecule has 42 heavy (non-hydrogen) atoms. The smallest absolute Gasteiger partial charge is 0.338 e. The van der Waals surface area contributed by atoms with Crippen LogP contribution in [0.3, 0.4) is 0 Å². The van der Waals surface area contributed by atoms with E-state index in [1.54, 1.807) is 36.8 Å². The lowest BCUT2D eigenvalue weighted by molar-refractivity contribution is -0.138. The molecule has 2 aliphatic heterocycles. The third-order valence-electron chi connectivity index (χ3n) is 6.87. The zero-order valence-electron chi connectivity index (χ0n) is 23.3. The summed E-state index contributed by atoms with van der Waals surface area (Å²) in [5.41, 5.74) is 2.59. The molecule has 0 aliphatic carbocycles. The van der Waals surface area contributed by atoms with Crippen LogP contribution in [0.5, 0.6) is 23.0 Å². The van der Waals surface area contributed by atoms with E-state index in [1.807, 2.05) is 61.5 Å². The van der Waals surface area contributed by atoms with Gasteiger partial charge in [0.1, 0.15) is 0 Å². The van der Waals surface area contributed by atoms with E-state index >= 15 is 0 Å². The number of hydrogen-bond donors (Lipinski definition) is 0. The van der Waals surface area contributed by atoms with E-state index in [2.05, 4.69) is 0 Å². The first kappa shape index (κ1) is 27.3. The van der Waals surface area contributed by atoms with Crippen molar-refractivity contribution in [3.63, 3.8) is 0 Å². The Morgan fingerprint density at radius 2 is 1.83 bits per heavy atom. The summed E-state index contributed by atoms with van der Waals surface area (Å²) in [6.07, 6.45) is 1.79. The molecule has 1 unspecified atom stereocenters. The molecular weight excluding hydrogens is 556 g/mol. The largest absolute Gasteiger partial charge is 0.493 e. The summed E-state index contributed by atoms with van der Waals surface area (Å²) in [6.45, 7) is 4.42. The summed E-state index contributed by atoms with van der Waals surface area (Å²) in [5, 5.41) is 0. The van der Waals surface area contributed by atoms with Crippen molar-refractivity contribution in [3.8, 4) is 23.0 Å². The van der Waals surface area contributed by atoms with Gasteiger partial charge in [-0.25, -0.2) is 9.79 Å². The van der Waals surface area contributed by atoms with Crippen LogP contribution in [0.1, 0.15) is 36.6 Å². The molecule has 0 saturated heterocycles. The molecule has 2 aliphatic rings. The number of fused-ring (bicyclic) bond motifs is 2. The van der Waals surface area contributed by atoms with E-state index in [4.69, 9.17) is 28.7 Å². The van der Waals surface area contributed by atoms with Gasteiger partial charge in [-0.3, -0.25) is 9.36 Å². The molecule has 0 spiro atoms. The summed E-state index contributed by atoms with van der Waals surface area (Å²) in [6, 6.07) is 19.5. The summed E-state index contributed by atoms with van der Waals surface area (Å²) < 4.78 is 29.8. The first-order valence-corrected chi connectivity index (χ1v) is 14.3. The molecule has 6 rings (SSSR count). The second-order valence-corrected chi connectivity index (χ2v) is 10.4. The maximum atomic E-state index is 14.1. The molecule has 3 aromatic carbocycles. The highest BCUT2D eigenvalue weighted by molar-refractivity contribution is 7.07. The molecule has 0 bridgehead atoms. The SMILES string of the molecule is CCOC(=O)C1=C(c2ccccc2)N=c2sc(=Cc3ccc(OCC)c(OC)c3)c(=O)n2C1c1ccc2c(c1)OCO2. The molecule has 1 aromatic heterocycles. The fourth-order valence-electron chi connectivity index (χ4n) is 5.04. The van der Waals surface area contributed by atoms with Crippen molar-refractivity contribution < 1.29 is 28.5 Å². The number of ether oxygens (including phenoxy) is 5. The van der Waals surface area contributed by atoms with Crippen LogP contribution < -0.4 is 33.8 Å². The van der Waals surface area contributed by atoms with Crippen LogP contribution in [0.25, 0.3) is 11.8 Å². The third-order valence-corrected chi connectivity index (χ3v) is 7.85. The third kappa shape index (κ3) is 4.94. The summed E-state index contributed by atoms with van der Waals surface area (Å²) in [4.78, 5) is 33.1. The van der Waals surface area contributed by atoms with Crippen molar-refractivity contribution in [3.05, 3.63) is 109 Å². The van der Waals surface area contributed by atoms with Crippen molar-refractivity contribution in [1.82, 2.24) is 4.57 Å². The number of benzene rings is 3. The topological polar surface area (TPSA) is 97.6 Å². The number of thiazole rings is 1. The normalized spacial score (nSPS) is 15.7. The molecule has 214 valence electrons. The fraction of sp³-hybridized carbons (Fsp3) is 0.219. The Morgan fingerprint density at radius 1 is 1.02 bits per heavy atom. The van der Waals surface area contributed by atoms with E-state index in [1.165, 1.54) is 11.3 Å². The predicted octanol–water partition coefficient (Wildman–Crippen LogP) is 4.07. The number of carbonyl (C=O) groups is 1. The lowest BCUT2D eigenvalue weighted by Crippen LogP contribution is -2.40. The fourth-order valence-corrected chi connectivity index (χ4v) is 6.04. The molecular formula is C32H28N2O7S. The minimum atomic E-state index is -0.818. The molecule has 10 heteroatoms. The average molecular weight is 585 g/mol. The predicted molar refractivity (Wildman–Crippen MR) is 158 cm³/mol. The van der Waals surface area contributed by atoms with Crippen molar-refractivity contribution in [2.45, 2.75) is 19.9 Å². The van der Waals surface area contributed by atoms with Crippen LogP contribution in [0.4, 0.5) is 0 Å². The minimum Gasteiger partial charge on any atom is -0.493 e. The molecule has 1 atom stereocenters. The molecule has 0 amide bonds. The number of nitrogens with zero attached hydrogens (tertiary/aromatic N) is 2. The van der Waals surface area contributed by atoms with E-state index < -0.39 is 12.0 Å². The van der Waals surface area contributed by atoms with E-state index in [-0.39, 0.29) is 24.5 Å². The highest BCUT2D eigenvalue weighted by atomic mass is 32.1. The van der Waals surface area contributed by atoms with Crippen LogP contribution in [-0.2, 0) is 9.53 Å².